The molecular formula is C8H5NO5. The van der Waals surface area contributed by atoms with Crippen LogP contribution in [0.25, 0.3) is 0 Å². The molecule has 0 bridgehead atoms. The highest BCUT2D eigenvalue weighted by molar-refractivity contribution is 5.89. The van der Waals surface area contributed by atoms with Gasteiger partial charge < -0.3 is 0 Å². The van der Waals surface area contributed by atoms with Crippen molar-refractivity contribution in [3.8, 4) is 0 Å². The summed E-state index contributed by atoms with van der Waals surface area (Å²) in [5.74, 6) is -1.58. The minimum Gasteiger partial charge on any atom is -0.272 e. The molecule has 0 amide bonds. The number of carbonyl (C=O) groups excluding carboxylic acids is 1. The second-order valence-corrected chi connectivity index (χ2v) is 2.40. The Morgan fingerprint density at radius 3 is 2.43 bits per heavy atom. The van der Waals surface area contributed by atoms with Crippen molar-refractivity contribution < 1.29 is 18.7 Å². The monoisotopic (exact) mass is 195 g/mol. The van der Waals surface area contributed by atoms with Crippen LogP contribution < -0.4 is 10.7 Å². The molecule has 14 heavy (non-hydrogen) atoms. The summed E-state index contributed by atoms with van der Waals surface area (Å²) in [6.07, 6.45) is 0. The first-order valence-electron chi connectivity index (χ1n) is 3.73. The van der Waals surface area contributed by atoms with Crippen LogP contribution >= 0.6 is 0 Å². The van der Waals surface area contributed by atoms with Gasteiger partial charge in [0, 0.05) is 0 Å². The second kappa shape index (κ2) is 3.25. The van der Waals surface area contributed by atoms with E-state index >= 15 is 0 Å². The molecule has 2 rings (SSSR count). The maximum atomic E-state index is 11.2. The van der Waals surface area contributed by atoms with Crippen molar-refractivity contribution >= 4 is 5.97 Å². The molecule has 0 aliphatic heterocycles. The molecule has 0 saturated carbocycles. The van der Waals surface area contributed by atoms with Crippen LogP contribution in [0.1, 0.15) is 10.4 Å². The average molecular weight is 195 g/mol. The van der Waals surface area contributed by atoms with Crippen LogP contribution in [0.15, 0.2) is 44.2 Å². The van der Waals surface area contributed by atoms with Gasteiger partial charge in [-0.25, -0.2) is 13.8 Å². The first-order chi connectivity index (χ1) is 6.75. The van der Waals surface area contributed by atoms with Gasteiger partial charge in [0.15, 0.2) is 5.08 Å². The number of nitrogens with zero attached hydrogens (tertiary/aromatic N) is 1. The Bertz CT molecular complexity index is 462. The molecule has 0 unspecified atom stereocenters. The first-order valence-corrected chi connectivity index (χ1v) is 3.73. The summed E-state index contributed by atoms with van der Waals surface area (Å²) < 4.78 is 8.32. The fourth-order valence-corrected chi connectivity index (χ4v) is 0.860. The molecule has 2 aromatic rings. The van der Waals surface area contributed by atoms with Gasteiger partial charge in [-0.1, -0.05) is 18.2 Å². The zero-order chi connectivity index (χ0) is 9.97. The van der Waals surface area contributed by atoms with Gasteiger partial charge in [-0.2, -0.15) is 4.79 Å². The Morgan fingerprint density at radius 1 is 1.21 bits per heavy atom. The molecule has 72 valence electrons. The summed E-state index contributed by atoms with van der Waals surface area (Å²) in [4.78, 5) is 25.8. The Hall–Kier alpha value is -2.24. The van der Waals surface area contributed by atoms with Crippen LogP contribution in [0, 0.1) is 0 Å². The van der Waals surface area contributed by atoms with Gasteiger partial charge in [0.2, 0.25) is 0 Å². The molecule has 0 aliphatic carbocycles. The first kappa shape index (κ1) is 8.36. The van der Waals surface area contributed by atoms with Crippen molar-refractivity contribution in [3.05, 3.63) is 46.5 Å². The summed E-state index contributed by atoms with van der Waals surface area (Å²) in [5.41, 5.74) is 0.332. The van der Waals surface area contributed by atoms with Gasteiger partial charge in [-0.15, -0.1) is 0 Å². The number of aromatic nitrogens is 1. The molecule has 0 saturated heterocycles. The van der Waals surface area contributed by atoms with Crippen LogP contribution in [-0.4, -0.2) is 11.0 Å². The van der Waals surface area contributed by atoms with Crippen molar-refractivity contribution in [1.29, 1.82) is 0 Å². The molecule has 1 aromatic carbocycles. The SMILES string of the molecule is O=C(On1oc(=O)o1)c1ccccc1. The summed E-state index contributed by atoms with van der Waals surface area (Å²) in [7, 11) is 0. The number of benzene rings is 1. The summed E-state index contributed by atoms with van der Waals surface area (Å²) in [5, 5.41) is 0.345. The minimum atomic E-state index is -0.911. The molecule has 0 spiro atoms. The zero-order valence-electron chi connectivity index (χ0n) is 6.88. The topological polar surface area (TPSA) is 74.6 Å². The second-order valence-electron chi connectivity index (χ2n) is 2.40. The van der Waals surface area contributed by atoms with Crippen LogP contribution in [-0.2, 0) is 0 Å². The Morgan fingerprint density at radius 2 is 1.86 bits per heavy atom. The number of carbonyl (C=O) groups is 1. The minimum absolute atomic E-state index is 0.332. The van der Waals surface area contributed by atoms with Gasteiger partial charge in [0.05, 0.1) is 5.56 Å². The van der Waals surface area contributed by atoms with E-state index < -0.39 is 11.8 Å². The van der Waals surface area contributed by atoms with Gasteiger partial charge in [-0.05, 0) is 12.1 Å². The molecule has 0 aliphatic rings. The van der Waals surface area contributed by atoms with Gasteiger partial charge in [0.1, 0.15) is 0 Å². The van der Waals surface area contributed by atoms with Crippen molar-refractivity contribution in [2.75, 3.05) is 0 Å². The molecule has 0 atom stereocenters. The number of hydrogen-bond donors (Lipinski definition) is 0. The molecule has 0 N–H and O–H groups in total. The van der Waals surface area contributed by atoms with Crippen molar-refractivity contribution in [3.63, 3.8) is 0 Å². The van der Waals surface area contributed by atoms with E-state index in [1.807, 2.05) is 0 Å². The molecule has 1 heterocycles. The third-order valence-electron chi connectivity index (χ3n) is 1.47. The fourth-order valence-electron chi connectivity index (χ4n) is 0.860. The molecule has 6 nitrogen and oxygen atoms in total. The lowest BCUT2D eigenvalue weighted by Gasteiger charge is -2.02. The van der Waals surface area contributed by atoms with Gasteiger partial charge >= 0.3 is 11.8 Å². The lowest BCUT2D eigenvalue weighted by atomic mass is 10.2. The highest BCUT2D eigenvalue weighted by Gasteiger charge is 2.12. The van der Waals surface area contributed by atoms with E-state index in [4.69, 9.17) is 0 Å². The molecule has 1 aromatic heterocycles. The lowest BCUT2D eigenvalue weighted by Crippen LogP contribution is -2.27. The van der Waals surface area contributed by atoms with E-state index in [0.29, 0.717) is 10.6 Å². The van der Waals surface area contributed by atoms with Crippen LogP contribution in [0.3, 0.4) is 0 Å². The number of hydrogen-bond acceptors (Lipinski definition) is 5. The van der Waals surface area contributed by atoms with Crippen LogP contribution in [0.5, 0.6) is 0 Å². The highest BCUT2D eigenvalue weighted by atomic mass is 17.0. The third-order valence-corrected chi connectivity index (χ3v) is 1.47. The number of rotatable bonds is 2. The lowest BCUT2D eigenvalue weighted by molar-refractivity contribution is -0.209. The molecule has 6 heteroatoms. The standard InChI is InChI=1S/C8H5NO5/c10-7(6-4-2-1-3-5-6)12-9-13-8(11)14-9/h1-5H. The quantitative estimate of drug-likeness (QED) is 0.689. The zero-order valence-corrected chi connectivity index (χ0v) is 6.88. The Kier molecular flexibility index (Phi) is 1.94. The third kappa shape index (κ3) is 1.58. The summed E-state index contributed by atoms with van der Waals surface area (Å²) >= 11 is 0. The normalized spacial score (nSPS) is 10.0. The highest BCUT2D eigenvalue weighted by Crippen LogP contribution is 1.98. The summed E-state index contributed by atoms with van der Waals surface area (Å²) in [6.45, 7) is 0. The van der Waals surface area contributed by atoms with E-state index in [1.54, 1.807) is 30.3 Å². The smallest absolute Gasteiger partial charge is 0.272 e. The summed E-state index contributed by atoms with van der Waals surface area (Å²) in [6, 6.07) is 8.24. The van der Waals surface area contributed by atoms with E-state index in [2.05, 4.69) is 13.9 Å². The molecular weight excluding hydrogens is 190 g/mol. The van der Waals surface area contributed by atoms with E-state index in [9.17, 15) is 9.59 Å². The Labute approximate surface area is 77.2 Å². The predicted molar refractivity (Wildman–Crippen MR) is 42.6 cm³/mol. The molecule has 0 radical (unpaired) electrons. The van der Waals surface area contributed by atoms with E-state index in [1.165, 1.54) is 0 Å². The maximum Gasteiger partial charge on any atom is 0.568 e. The van der Waals surface area contributed by atoms with Crippen molar-refractivity contribution in [2.24, 2.45) is 0 Å². The van der Waals surface area contributed by atoms with Gasteiger partial charge in [-0.3, -0.25) is 4.84 Å². The fraction of sp³-hybridized carbons (Fsp3) is 0. The van der Waals surface area contributed by atoms with Crippen molar-refractivity contribution in [2.45, 2.75) is 0 Å². The predicted octanol–water partition coefficient (Wildman–Crippen LogP) is 0.303. The van der Waals surface area contributed by atoms with E-state index in [-0.39, 0.29) is 0 Å². The van der Waals surface area contributed by atoms with Crippen LogP contribution in [0.4, 0.5) is 0 Å². The largest absolute Gasteiger partial charge is 0.568 e. The maximum absolute atomic E-state index is 11.2. The van der Waals surface area contributed by atoms with E-state index in [0.717, 1.165) is 0 Å². The van der Waals surface area contributed by atoms with Crippen molar-refractivity contribution in [1.82, 2.24) is 5.08 Å². The van der Waals surface area contributed by atoms with Gasteiger partial charge in [0.25, 0.3) is 0 Å². The average Bonchev–Trinajstić information content (AvgIpc) is 2.17. The van der Waals surface area contributed by atoms with Crippen LogP contribution in [0.2, 0.25) is 0 Å². The molecule has 0 fully saturated rings. The Balaban J connectivity index is 2.08.